The number of hydrazine groups is 1. The Balaban J connectivity index is 1.44. The molecule has 7 N–H and O–H groups in total. The third-order valence-electron chi connectivity index (χ3n) is 5.77. The molecule has 8 nitrogen and oxygen atoms in total. The molecule has 8 heteroatoms. The summed E-state index contributed by atoms with van der Waals surface area (Å²) < 4.78 is 0. The summed E-state index contributed by atoms with van der Waals surface area (Å²) in [6.45, 7) is 0. The van der Waals surface area contributed by atoms with Gasteiger partial charge in [0.05, 0.1) is 11.1 Å². The number of hydrogen-bond donors (Lipinski definition) is 6. The van der Waals surface area contributed by atoms with E-state index in [9.17, 15) is 4.79 Å². The Morgan fingerprint density at radius 1 is 1.17 bits per heavy atom. The maximum atomic E-state index is 12.6. The highest BCUT2D eigenvalue weighted by Gasteiger charge is 2.29. The number of amides is 1. The molecule has 3 aliphatic rings. The molecular formula is C22H25N7O. The zero-order chi connectivity index (χ0) is 20.5. The maximum absolute atomic E-state index is 12.6. The fourth-order valence-electron chi connectivity index (χ4n) is 4.20. The van der Waals surface area contributed by atoms with Crippen molar-refractivity contribution in [1.29, 1.82) is 0 Å². The number of benzene rings is 1. The lowest BCUT2D eigenvalue weighted by molar-refractivity contribution is -0.118. The number of carbonyl (C=O) groups is 1. The molecular weight excluding hydrogens is 378 g/mol. The number of hydrogen-bond acceptors (Lipinski definition) is 7. The highest BCUT2D eigenvalue weighted by molar-refractivity contribution is 6.01. The fourth-order valence-corrected chi connectivity index (χ4v) is 4.20. The van der Waals surface area contributed by atoms with E-state index in [0.29, 0.717) is 11.4 Å². The summed E-state index contributed by atoms with van der Waals surface area (Å²) in [5.74, 6) is 1.24. The van der Waals surface area contributed by atoms with E-state index in [0.717, 1.165) is 40.8 Å². The van der Waals surface area contributed by atoms with Crippen LogP contribution in [0, 0.1) is 0 Å². The molecule has 0 radical (unpaired) electrons. The molecule has 1 aromatic carbocycles. The molecule has 2 aliphatic heterocycles. The van der Waals surface area contributed by atoms with Gasteiger partial charge < -0.3 is 27.1 Å². The molecule has 0 bridgehead atoms. The molecule has 5 rings (SSSR count). The number of carbonyl (C=O) groups excluding carboxylic acids is 1. The molecule has 30 heavy (non-hydrogen) atoms. The highest BCUT2D eigenvalue weighted by Crippen LogP contribution is 2.26. The van der Waals surface area contributed by atoms with Crippen molar-refractivity contribution in [3.63, 3.8) is 0 Å². The zero-order valence-corrected chi connectivity index (χ0v) is 16.5. The van der Waals surface area contributed by atoms with Gasteiger partial charge in [0.15, 0.2) is 0 Å². The number of allylic oxidation sites excluding steroid dienone is 1. The van der Waals surface area contributed by atoms with Gasteiger partial charge in [0.2, 0.25) is 0 Å². The molecule has 1 fully saturated rings. The van der Waals surface area contributed by atoms with Crippen LogP contribution in [0.4, 0.5) is 5.69 Å². The van der Waals surface area contributed by atoms with Crippen molar-refractivity contribution in [3.8, 4) is 0 Å². The Morgan fingerprint density at radius 2 is 2.07 bits per heavy atom. The van der Waals surface area contributed by atoms with Crippen molar-refractivity contribution in [1.82, 2.24) is 26.5 Å². The van der Waals surface area contributed by atoms with Crippen LogP contribution in [0.3, 0.4) is 0 Å². The first-order valence-corrected chi connectivity index (χ1v) is 10.3. The molecule has 3 heterocycles. The van der Waals surface area contributed by atoms with Crippen molar-refractivity contribution in [3.05, 3.63) is 71.6 Å². The van der Waals surface area contributed by atoms with Gasteiger partial charge in [0, 0.05) is 41.1 Å². The molecule has 0 saturated heterocycles. The van der Waals surface area contributed by atoms with E-state index < -0.39 is 0 Å². The first-order valence-electron chi connectivity index (χ1n) is 10.3. The first-order chi connectivity index (χ1) is 14.7. The van der Waals surface area contributed by atoms with E-state index in [-0.39, 0.29) is 18.0 Å². The molecule has 1 amide bonds. The molecule has 1 aliphatic carbocycles. The molecule has 1 aromatic heterocycles. The predicted molar refractivity (Wildman–Crippen MR) is 116 cm³/mol. The number of nitrogens with two attached hydrogens (primary N) is 1. The number of anilines is 1. The summed E-state index contributed by atoms with van der Waals surface area (Å²) in [6, 6.07) is 10.2. The Labute approximate surface area is 174 Å². The van der Waals surface area contributed by atoms with Gasteiger partial charge in [-0.2, -0.15) is 0 Å². The second-order valence-electron chi connectivity index (χ2n) is 7.87. The summed E-state index contributed by atoms with van der Waals surface area (Å²) >= 11 is 0. The van der Waals surface area contributed by atoms with Gasteiger partial charge in [0.25, 0.3) is 5.91 Å². The third kappa shape index (κ3) is 3.57. The highest BCUT2D eigenvalue weighted by atomic mass is 16.2. The van der Waals surface area contributed by atoms with E-state index >= 15 is 0 Å². The Morgan fingerprint density at radius 3 is 2.97 bits per heavy atom. The second kappa shape index (κ2) is 7.72. The minimum atomic E-state index is -0.203. The molecule has 2 atom stereocenters. The van der Waals surface area contributed by atoms with Gasteiger partial charge in [-0.1, -0.05) is 25.0 Å². The third-order valence-corrected chi connectivity index (χ3v) is 5.77. The minimum Gasteiger partial charge on any atom is -0.367 e. The number of aromatic nitrogens is 1. The van der Waals surface area contributed by atoms with Crippen LogP contribution in [0.15, 0.2) is 71.6 Å². The minimum absolute atomic E-state index is 0.122. The van der Waals surface area contributed by atoms with Crippen LogP contribution in [-0.4, -0.2) is 23.0 Å². The van der Waals surface area contributed by atoms with Gasteiger partial charge in [-0.3, -0.25) is 15.2 Å². The summed E-state index contributed by atoms with van der Waals surface area (Å²) in [4.78, 5) is 17.0. The van der Waals surface area contributed by atoms with Crippen LogP contribution in [0.25, 0.3) is 10.9 Å². The van der Waals surface area contributed by atoms with E-state index in [4.69, 9.17) is 5.73 Å². The lowest BCUT2D eigenvalue weighted by Crippen LogP contribution is -2.50. The van der Waals surface area contributed by atoms with Crippen LogP contribution in [0.5, 0.6) is 0 Å². The summed E-state index contributed by atoms with van der Waals surface area (Å²) in [6.07, 6.45) is 9.89. The number of dihydropyridines is 1. The average Bonchev–Trinajstić information content (AvgIpc) is 2.75. The average molecular weight is 403 g/mol. The quantitative estimate of drug-likeness (QED) is 0.460. The van der Waals surface area contributed by atoms with Crippen LogP contribution in [-0.2, 0) is 4.79 Å². The molecule has 0 spiro atoms. The fraction of sp³-hybridized carbons (Fsp3) is 0.273. The van der Waals surface area contributed by atoms with Gasteiger partial charge in [0.1, 0.15) is 11.6 Å². The molecule has 154 valence electrons. The standard InChI is InChI=1S/C22H25N7O/c23-16-5-1-2-6-17(16)27-19-10-14-12-25-29-22(30)20(14)21(28-19)26-15-8-7-13-4-3-9-24-18(13)11-15/h3-4,7-12,16-17,25-28H,1-2,5-6,23H2,(H,29,30)/t16-,17+/m0/s1. The number of fused-ring (bicyclic) bond motifs is 2. The van der Waals surface area contributed by atoms with Gasteiger partial charge in [-0.25, -0.2) is 0 Å². The van der Waals surface area contributed by atoms with Gasteiger partial charge in [-0.15, -0.1) is 0 Å². The van der Waals surface area contributed by atoms with E-state index in [2.05, 4.69) is 31.8 Å². The Kier molecular flexibility index (Phi) is 4.76. The van der Waals surface area contributed by atoms with Crippen molar-refractivity contribution >= 4 is 22.5 Å². The van der Waals surface area contributed by atoms with E-state index in [1.165, 1.54) is 12.8 Å². The molecule has 0 unspecified atom stereocenters. The maximum Gasteiger partial charge on any atom is 0.273 e. The monoisotopic (exact) mass is 403 g/mol. The number of nitrogens with zero attached hydrogens (tertiary/aromatic N) is 1. The lowest BCUT2D eigenvalue weighted by atomic mass is 9.91. The van der Waals surface area contributed by atoms with Crippen LogP contribution in [0.1, 0.15) is 25.7 Å². The van der Waals surface area contributed by atoms with Crippen molar-refractivity contribution in [2.75, 3.05) is 5.32 Å². The van der Waals surface area contributed by atoms with Gasteiger partial charge >= 0.3 is 0 Å². The number of nitrogens with one attached hydrogen (secondary N) is 5. The predicted octanol–water partition coefficient (Wildman–Crippen LogP) is 1.68. The van der Waals surface area contributed by atoms with Crippen molar-refractivity contribution in [2.24, 2.45) is 5.73 Å². The van der Waals surface area contributed by atoms with E-state index in [1.807, 2.05) is 36.4 Å². The Bertz CT molecular complexity index is 1090. The summed E-state index contributed by atoms with van der Waals surface area (Å²) in [5, 5.41) is 11.3. The second-order valence-corrected chi connectivity index (χ2v) is 7.87. The van der Waals surface area contributed by atoms with Crippen LogP contribution in [0.2, 0.25) is 0 Å². The molecule has 1 saturated carbocycles. The smallest absolute Gasteiger partial charge is 0.273 e. The topological polar surface area (TPSA) is 116 Å². The lowest BCUT2D eigenvalue weighted by Gasteiger charge is -2.34. The van der Waals surface area contributed by atoms with Crippen molar-refractivity contribution < 1.29 is 4.79 Å². The summed E-state index contributed by atoms with van der Waals surface area (Å²) in [7, 11) is 0. The number of pyridine rings is 1. The Hall–Kier alpha value is -3.52. The normalized spacial score (nSPS) is 23.4. The van der Waals surface area contributed by atoms with Crippen molar-refractivity contribution in [2.45, 2.75) is 37.8 Å². The van der Waals surface area contributed by atoms with Crippen LogP contribution >= 0.6 is 0 Å². The zero-order valence-electron chi connectivity index (χ0n) is 16.5. The van der Waals surface area contributed by atoms with E-state index in [1.54, 1.807) is 12.4 Å². The van der Waals surface area contributed by atoms with Crippen LogP contribution < -0.4 is 32.5 Å². The largest absolute Gasteiger partial charge is 0.367 e. The molecule has 2 aromatic rings. The SMILES string of the molecule is N[C@H]1CCCC[C@H]1NC1=CC2=CNNC(=O)C2=C(Nc2ccc3cccnc3c2)N1. The number of rotatable bonds is 4. The first kappa shape index (κ1) is 18.5. The summed E-state index contributed by atoms with van der Waals surface area (Å²) in [5.41, 5.74) is 14.9. The van der Waals surface area contributed by atoms with Gasteiger partial charge in [-0.05, 0) is 37.1 Å².